The summed E-state index contributed by atoms with van der Waals surface area (Å²) < 4.78 is 11.5. The van der Waals surface area contributed by atoms with Gasteiger partial charge in [0.05, 0.1) is 0 Å². The molecular weight excluding hydrogens is 215 g/mol. The standard InChI is InChI=1S/C11H16ClOP/c1-8-5-9(2)11(10(3)6-8)7-14(4,12)13/h5-6H,7H2,1-4H3. The number of benzene rings is 1. The molecule has 1 aromatic carbocycles. The molecule has 0 amide bonds. The van der Waals surface area contributed by atoms with Crippen LogP contribution in [-0.2, 0) is 10.7 Å². The third kappa shape index (κ3) is 3.15. The Bertz CT molecular complexity index is 369. The lowest BCUT2D eigenvalue weighted by Gasteiger charge is -2.12. The zero-order valence-corrected chi connectivity index (χ0v) is 10.7. The van der Waals surface area contributed by atoms with Crippen LogP contribution in [0.2, 0.25) is 0 Å². The minimum Gasteiger partial charge on any atom is -0.307 e. The monoisotopic (exact) mass is 230 g/mol. The van der Waals surface area contributed by atoms with Gasteiger partial charge in [-0.1, -0.05) is 28.9 Å². The van der Waals surface area contributed by atoms with Crippen LogP contribution < -0.4 is 0 Å². The first kappa shape index (κ1) is 11.8. The maximum absolute atomic E-state index is 11.5. The van der Waals surface area contributed by atoms with Crippen LogP contribution in [-0.4, -0.2) is 6.66 Å². The molecule has 1 aromatic rings. The fourth-order valence-corrected chi connectivity index (χ4v) is 3.16. The van der Waals surface area contributed by atoms with Crippen LogP contribution in [0.1, 0.15) is 22.3 Å². The first-order valence-corrected chi connectivity index (χ1v) is 7.87. The van der Waals surface area contributed by atoms with E-state index in [1.54, 1.807) is 6.66 Å². The van der Waals surface area contributed by atoms with Gasteiger partial charge >= 0.3 is 0 Å². The van der Waals surface area contributed by atoms with Gasteiger partial charge in [0.25, 0.3) is 0 Å². The molecule has 0 fully saturated rings. The van der Waals surface area contributed by atoms with Crippen LogP contribution in [0, 0.1) is 20.8 Å². The molecule has 0 aliphatic rings. The minimum absolute atomic E-state index is 0.493. The maximum atomic E-state index is 11.5. The SMILES string of the molecule is Cc1cc(C)c(CP(C)(=O)Cl)c(C)c1. The van der Waals surface area contributed by atoms with E-state index >= 15 is 0 Å². The van der Waals surface area contributed by atoms with Crippen molar-refractivity contribution < 1.29 is 4.57 Å². The molecule has 1 rings (SSSR count). The average molecular weight is 231 g/mol. The highest BCUT2D eigenvalue weighted by atomic mass is 35.7. The van der Waals surface area contributed by atoms with Crippen molar-refractivity contribution in [2.24, 2.45) is 0 Å². The predicted octanol–water partition coefficient (Wildman–Crippen LogP) is 4.26. The van der Waals surface area contributed by atoms with Gasteiger partial charge in [-0.05, 0) is 37.5 Å². The zero-order valence-electron chi connectivity index (χ0n) is 9.10. The Labute approximate surface area is 90.6 Å². The van der Waals surface area contributed by atoms with Crippen LogP contribution in [0.4, 0.5) is 0 Å². The number of rotatable bonds is 2. The van der Waals surface area contributed by atoms with Crippen LogP contribution in [0.3, 0.4) is 0 Å². The third-order valence-corrected chi connectivity index (χ3v) is 3.52. The average Bonchev–Trinajstić information content (AvgIpc) is 1.95. The van der Waals surface area contributed by atoms with Gasteiger partial charge in [-0.2, -0.15) is 0 Å². The predicted molar refractivity (Wildman–Crippen MR) is 63.7 cm³/mol. The topological polar surface area (TPSA) is 17.1 Å². The molecule has 3 heteroatoms. The highest BCUT2D eigenvalue weighted by molar-refractivity contribution is 7.87. The highest BCUT2D eigenvalue weighted by Crippen LogP contribution is 2.51. The van der Waals surface area contributed by atoms with Crippen LogP contribution >= 0.6 is 17.7 Å². The summed E-state index contributed by atoms with van der Waals surface area (Å²) in [5.74, 6) is 0. The molecule has 1 nitrogen and oxygen atoms in total. The molecule has 0 aromatic heterocycles. The maximum Gasteiger partial charge on any atom is 0.170 e. The zero-order chi connectivity index (χ0) is 10.9. The largest absolute Gasteiger partial charge is 0.307 e. The molecule has 0 heterocycles. The summed E-state index contributed by atoms with van der Waals surface area (Å²) >= 11 is 5.81. The molecular formula is C11H16ClOP. The molecule has 0 bridgehead atoms. The quantitative estimate of drug-likeness (QED) is 0.694. The fraction of sp³-hybridized carbons (Fsp3) is 0.455. The first-order valence-electron chi connectivity index (χ1n) is 4.62. The summed E-state index contributed by atoms with van der Waals surface area (Å²) in [7, 11) is 0. The Kier molecular flexibility index (Phi) is 3.44. The smallest absolute Gasteiger partial charge is 0.170 e. The number of aryl methyl sites for hydroxylation is 3. The van der Waals surface area contributed by atoms with Crippen molar-refractivity contribution >= 4 is 17.7 Å². The number of halogens is 1. The van der Waals surface area contributed by atoms with Crippen LogP contribution in [0.5, 0.6) is 0 Å². The van der Waals surface area contributed by atoms with E-state index in [1.807, 2.05) is 13.8 Å². The van der Waals surface area contributed by atoms with E-state index in [9.17, 15) is 4.57 Å². The second-order valence-corrected chi connectivity index (χ2v) is 8.45. The molecule has 1 atom stereocenters. The van der Waals surface area contributed by atoms with Gasteiger partial charge in [0.1, 0.15) is 0 Å². The summed E-state index contributed by atoms with van der Waals surface area (Å²) in [6, 6.07) is 4.21. The van der Waals surface area contributed by atoms with E-state index in [0.29, 0.717) is 6.16 Å². The Morgan fingerprint density at radius 2 is 1.64 bits per heavy atom. The lowest BCUT2D eigenvalue weighted by atomic mass is 10.0. The molecule has 0 radical (unpaired) electrons. The second kappa shape index (κ2) is 4.08. The Hall–Kier alpha value is -0.260. The molecule has 78 valence electrons. The number of hydrogen-bond acceptors (Lipinski definition) is 1. The van der Waals surface area contributed by atoms with E-state index in [2.05, 4.69) is 19.1 Å². The summed E-state index contributed by atoms with van der Waals surface area (Å²) in [4.78, 5) is 0. The molecule has 0 spiro atoms. The third-order valence-electron chi connectivity index (χ3n) is 2.28. The van der Waals surface area contributed by atoms with Crippen molar-refractivity contribution in [2.45, 2.75) is 26.9 Å². The van der Waals surface area contributed by atoms with Gasteiger partial charge < -0.3 is 4.57 Å². The van der Waals surface area contributed by atoms with Gasteiger partial charge in [-0.3, -0.25) is 0 Å². The molecule has 0 saturated carbocycles. The first-order chi connectivity index (χ1) is 6.29. The van der Waals surface area contributed by atoms with Crippen molar-refractivity contribution in [3.63, 3.8) is 0 Å². The molecule has 14 heavy (non-hydrogen) atoms. The van der Waals surface area contributed by atoms with Gasteiger partial charge in [0.2, 0.25) is 0 Å². The lowest BCUT2D eigenvalue weighted by molar-refractivity contribution is 0.587. The van der Waals surface area contributed by atoms with Gasteiger partial charge in [-0.25, -0.2) is 0 Å². The molecule has 1 unspecified atom stereocenters. The van der Waals surface area contributed by atoms with Crippen molar-refractivity contribution in [3.05, 3.63) is 34.4 Å². The van der Waals surface area contributed by atoms with E-state index < -0.39 is 6.49 Å². The van der Waals surface area contributed by atoms with Gasteiger partial charge in [0.15, 0.2) is 6.49 Å². The van der Waals surface area contributed by atoms with Crippen molar-refractivity contribution in [2.75, 3.05) is 6.66 Å². The summed E-state index contributed by atoms with van der Waals surface area (Å²) in [6.07, 6.45) is 0.493. The minimum atomic E-state index is -2.48. The summed E-state index contributed by atoms with van der Waals surface area (Å²) in [6.45, 7) is 5.29. The fourth-order valence-electron chi connectivity index (χ4n) is 1.74. The van der Waals surface area contributed by atoms with Crippen LogP contribution in [0.15, 0.2) is 12.1 Å². The molecule has 0 N–H and O–H groups in total. The second-order valence-electron chi connectivity index (χ2n) is 4.02. The summed E-state index contributed by atoms with van der Waals surface area (Å²) in [5.41, 5.74) is 4.75. The molecule has 0 aliphatic carbocycles. The van der Waals surface area contributed by atoms with Crippen molar-refractivity contribution in [3.8, 4) is 0 Å². The van der Waals surface area contributed by atoms with Crippen molar-refractivity contribution in [1.82, 2.24) is 0 Å². The Balaban J connectivity index is 3.15. The highest BCUT2D eigenvalue weighted by Gasteiger charge is 2.14. The van der Waals surface area contributed by atoms with Crippen LogP contribution in [0.25, 0.3) is 0 Å². The Morgan fingerprint density at radius 3 is 2.00 bits per heavy atom. The molecule has 0 saturated heterocycles. The number of hydrogen-bond donors (Lipinski definition) is 0. The Morgan fingerprint density at radius 1 is 1.21 bits per heavy atom. The summed E-state index contributed by atoms with van der Waals surface area (Å²) in [5, 5.41) is 0. The normalized spacial score (nSPS) is 15.2. The van der Waals surface area contributed by atoms with Gasteiger partial charge in [0, 0.05) is 12.8 Å². The van der Waals surface area contributed by atoms with Gasteiger partial charge in [-0.15, -0.1) is 0 Å². The van der Waals surface area contributed by atoms with E-state index in [0.717, 1.165) is 5.56 Å². The van der Waals surface area contributed by atoms with E-state index in [1.165, 1.54) is 16.7 Å². The van der Waals surface area contributed by atoms with E-state index in [4.69, 9.17) is 11.2 Å². The van der Waals surface area contributed by atoms with E-state index in [-0.39, 0.29) is 0 Å². The molecule has 0 aliphatic heterocycles. The lowest BCUT2D eigenvalue weighted by Crippen LogP contribution is -1.94. The van der Waals surface area contributed by atoms with Crippen molar-refractivity contribution in [1.29, 1.82) is 0 Å².